The Morgan fingerprint density at radius 3 is 2.43 bits per heavy atom. The highest BCUT2D eigenvalue weighted by Gasteiger charge is 2.14. The summed E-state index contributed by atoms with van der Waals surface area (Å²) in [4.78, 5) is 11.5. The van der Waals surface area contributed by atoms with Crippen molar-refractivity contribution in [1.29, 1.82) is 0 Å². The Hall–Kier alpha value is -3.12. The van der Waals surface area contributed by atoms with Crippen LogP contribution in [-0.4, -0.2) is 19.5 Å². The molecule has 3 aromatic rings. The van der Waals surface area contributed by atoms with Gasteiger partial charge in [0.15, 0.2) is 0 Å². The van der Waals surface area contributed by atoms with Crippen molar-refractivity contribution in [1.82, 2.24) is 0 Å². The molecule has 0 aliphatic rings. The van der Waals surface area contributed by atoms with E-state index in [1.807, 2.05) is 25.1 Å². The van der Waals surface area contributed by atoms with E-state index in [0.717, 1.165) is 16.7 Å². The second-order valence-corrected chi connectivity index (χ2v) is 8.27. The summed E-state index contributed by atoms with van der Waals surface area (Å²) in [6, 6.07) is 20.8. The second kappa shape index (κ2) is 8.27. The van der Waals surface area contributed by atoms with Crippen LogP contribution < -0.4 is 4.72 Å². The smallest absolute Gasteiger partial charge is 0.335 e. The Balaban J connectivity index is 1.75. The van der Waals surface area contributed by atoms with Crippen LogP contribution in [-0.2, 0) is 22.9 Å². The maximum Gasteiger partial charge on any atom is 0.335 e. The van der Waals surface area contributed by atoms with Gasteiger partial charge < -0.3 is 5.11 Å². The zero-order valence-corrected chi connectivity index (χ0v) is 16.2. The van der Waals surface area contributed by atoms with Crippen LogP contribution in [0.4, 0.5) is 5.69 Å². The third-order valence-electron chi connectivity index (χ3n) is 4.41. The minimum Gasteiger partial charge on any atom is -0.478 e. The molecule has 28 heavy (non-hydrogen) atoms. The molecule has 0 fully saturated rings. The molecule has 3 aromatic carbocycles. The lowest BCUT2D eigenvalue weighted by molar-refractivity contribution is 0.0695. The molecule has 0 spiro atoms. The van der Waals surface area contributed by atoms with E-state index in [2.05, 4.69) is 4.72 Å². The predicted octanol–water partition coefficient (Wildman–Crippen LogP) is 4.28. The largest absolute Gasteiger partial charge is 0.478 e. The number of aromatic carboxylic acids is 1. The van der Waals surface area contributed by atoms with Crippen LogP contribution in [0.15, 0.2) is 77.7 Å². The summed E-state index contributed by atoms with van der Waals surface area (Å²) in [5.74, 6) is -0.949. The van der Waals surface area contributed by atoms with Crippen LogP contribution in [0.5, 0.6) is 0 Å². The zero-order chi connectivity index (χ0) is 20.1. The molecule has 2 N–H and O–H groups in total. The van der Waals surface area contributed by atoms with Crippen molar-refractivity contribution in [2.45, 2.75) is 24.7 Å². The quantitative estimate of drug-likeness (QED) is 0.625. The highest BCUT2D eigenvalue weighted by atomic mass is 32.2. The van der Waals surface area contributed by atoms with E-state index in [1.54, 1.807) is 54.6 Å². The summed E-state index contributed by atoms with van der Waals surface area (Å²) >= 11 is 0. The van der Waals surface area contributed by atoms with Crippen LogP contribution in [0.2, 0.25) is 0 Å². The molecule has 6 heteroatoms. The molecule has 0 aliphatic heterocycles. The fraction of sp³-hybridized carbons (Fsp3) is 0.136. The number of aryl methyl sites for hydroxylation is 3. The normalized spacial score (nSPS) is 11.2. The molecule has 0 aliphatic carbocycles. The van der Waals surface area contributed by atoms with Crippen molar-refractivity contribution in [2.75, 3.05) is 4.72 Å². The summed E-state index contributed by atoms with van der Waals surface area (Å²) < 4.78 is 27.8. The monoisotopic (exact) mass is 395 g/mol. The summed E-state index contributed by atoms with van der Waals surface area (Å²) in [6.45, 7) is 1.84. The molecule has 0 aromatic heterocycles. The first-order valence-electron chi connectivity index (χ1n) is 8.85. The molecule has 0 unspecified atom stereocenters. The number of sulfonamides is 1. The van der Waals surface area contributed by atoms with E-state index >= 15 is 0 Å². The minimum absolute atomic E-state index is 0.216. The van der Waals surface area contributed by atoms with Gasteiger partial charge in [-0.3, -0.25) is 4.72 Å². The van der Waals surface area contributed by atoms with E-state index in [-0.39, 0.29) is 4.90 Å². The lowest BCUT2D eigenvalue weighted by Gasteiger charge is -2.11. The van der Waals surface area contributed by atoms with Crippen LogP contribution in [0.25, 0.3) is 0 Å². The molecule has 0 saturated carbocycles. The van der Waals surface area contributed by atoms with Crippen molar-refractivity contribution in [3.63, 3.8) is 0 Å². The molecule has 0 amide bonds. The van der Waals surface area contributed by atoms with Crippen molar-refractivity contribution in [3.8, 4) is 0 Å². The summed E-state index contributed by atoms with van der Waals surface area (Å²) in [5, 5.41) is 9.29. The molecule has 0 saturated heterocycles. The van der Waals surface area contributed by atoms with Crippen LogP contribution in [0.3, 0.4) is 0 Å². The Bertz CT molecular complexity index is 1110. The highest BCUT2D eigenvalue weighted by molar-refractivity contribution is 7.92. The Kier molecular flexibility index (Phi) is 5.80. The topological polar surface area (TPSA) is 83.5 Å². The molecule has 144 valence electrons. The van der Waals surface area contributed by atoms with Gasteiger partial charge in [-0.15, -0.1) is 0 Å². The third kappa shape index (κ3) is 4.78. The SMILES string of the molecule is Cc1cccc(S(=O)(=O)Nc2cccc(CCc3ccccc3C(=O)O)c2)c1. The van der Waals surface area contributed by atoms with Gasteiger partial charge in [0.2, 0.25) is 0 Å². The lowest BCUT2D eigenvalue weighted by Crippen LogP contribution is -2.13. The van der Waals surface area contributed by atoms with E-state index in [9.17, 15) is 18.3 Å². The number of nitrogens with one attached hydrogen (secondary N) is 1. The molecular weight excluding hydrogens is 374 g/mol. The number of anilines is 1. The van der Waals surface area contributed by atoms with Crippen LogP contribution in [0, 0.1) is 6.92 Å². The van der Waals surface area contributed by atoms with Crippen molar-refractivity contribution < 1.29 is 18.3 Å². The first-order chi connectivity index (χ1) is 13.3. The molecule has 3 rings (SSSR count). The molecule has 0 bridgehead atoms. The summed E-state index contributed by atoms with van der Waals surface area (Å²) in [6.07, 6.45) is 1.15. The number of rotatable bonds is 7. The predicted molar refractivity (Wildman–Crippen MR) is 109 cm³/mol. The highest BCUT2D eigenvalue weighted by Crippen LogP contribution is 2.19. The van der Waals surface area contributed by atoms with Crippen molar-refractivity contribution in [2.24, 2.45) is 0 Å². The summed E-state index contributed by atoms with van der Waals surface area (Å²) in [5.41, 5.74) is 3.31. The number of carboxylic acid groups (broad SMARTS) is 1. The van der Waals surface area contributed by atoms with Gasteiger partial charge in [-0.25, -0.2) is 13.2 Å². The molecule has 0 heterocycles. The van der Waals surface area contributed by atoms with Crippen molar-refractivity contribution >= 4 is 21.7 Å². The minimum atomic E-state index is -3.67. The van der Waals surface area contributed by atoms with E-state index in [0.29, 0.717) is 24.1 Å². The lowest BCUT2D eigenvalue weighted by atomic mass is 10.00. The maximum atomic E-state index is 12.6. The van der Waals surface area contributed by atoms with Gasteiger partial charge in [-0.1, -0.05) is 42.5 Å². The first-order valence-corrected chi connectivity index (χ1v) is 10.3. The van der Waals surface area contributed by atoms with Gasteiger partial charge in [0.1, 0.15) is 0 Å². The molecule has 5 nitrogen and oxygen atoms in total. The van der Waals surface area contributed by atoms with Gasteiger partial charge in [0.05, 0.1) is 10.5 Å². The van der Waals surface area contributed by atoms with Crippen LogP contribution in [0.1, 0.15) is 27.0 Å². The number of carboxylic acids is 1. The molecule has 0 radical (unpaired) electrons. The Labute approximate surface area is 164 Å². The van der Waals surface area contributed by atoms with Gasteiger partial charge in [-0.05, 0) is 66.8 Å². The third-order valence-corrected chi connectivity index (χ3v) is 5.79. The van der Waals surface area contributed by atoms with Gasteiger partial charge in [0, 0.05) is 5.69 Å². The van der Waals surface area contributed by atoms with Crippen LogP contribution >= 0.6 is 0 Å². The zero-order valence-electron chi connectivity index (χ0n) is 15.4. The molecule has 0 atom stereocenters. The van der Waals surface area contributed by atoms with Gasteiger partial charge >= 0.3 is 5.97 Å². The van der Waals surface area contributed by atoms with E-state index in [4.69, 9.17) is 0 Å². The average molecular weight is 395 g/mol. The Morgan fingerprint density at radius 1 is 0.929 bits per heavy atom. The Morgan fingerprint density at radius 2 is 1.68 bits per heavy atom. The van der Waals surface area contributed by atoms with Gasteiger partial charge in [0.25, 0.3) is 10.0 Å². The van der Waals surface area contributed by atoms with E-state index in [1.165, 1.54) is 0 Å². The second-order valence-electron chi connectivity index (χ2n) is 6.58. The summed E-state index contributed by atoms with van der Waals surface area (Å²) in [7, 11) is -3.67. The standard InChI is InChI=1S/C22H21NO4S/c1-16-6-4-10-20(14-16)28(26,27)23-19-9-5-7-17(15-19)12-13-18-8-2-3-11-21(18)22(24)25/h2-11,14-15,23H,12-13H2,1H3,(H,24,25). The van der Waals surface area contributed by atoms with E-state index < -0.39 is 16.0 Å². The number of carbonyl (C=O) groups is 1. The maximum absolute atomic E-state index is 12.6. The van der Waals surface area contributed by atoms with Crippen molar-refractivity contribution in [3.05, 3.63) is 95.1 Å². The van der Waals surface area contributed by atoms with Gasteiger partial charge in [-0.2, -0.15) is 0 Å². The first kappa shape index (κ1) is 19.6. The fourth-order valence-electron chi connectivity index (χ4n) is 3.01. The average Bonchev–Trinajstić information content (AvgIpc) is 2.66. The number of hydrogen-bond donors (Lipinski definition) is 2. The number of benzene rings is 3. The fourth-order valence-corrected chi connectivity index (χ4v) is 4.17. The molecular formula is C22H21NO4S. The number of hydrogen-bond acceptors (Lipinski definition) is 3.